The van der Waals surface area contributed by atoms with Crippen molar-refractivity contribution in [3.63, 3.8) is 0 Å². The summed E-state index contributed by atoms with van der Waals surface area (Å²) in [7, 11) is -3.74. The predicted octanol–water partition coefficient (Wildman–Crippen LogP) is 2.31. The average Bonchev–Trinajstić information content (AvgIpc) is 3.47. The lowest BCUT2D eigenvalue weighted by molar-refractivity contribution is -0.123. The molecule has 28 heavy (non-hydrogen) atoms. The monoisotopic (exact) mass is 405 g/mol. The van der Waals surface area contributed by atoms with Crippen molar-refractivity contribution in [2.45, 2.75) is 43.3 Å². The molecule has 1 aliphatic rings. The minimum atomic E-state index is -3.74. The maximum absolute atomic E-state index is 13.1. The van der Waals surface area contributed by atoms with Crippen LogP contribution in [0.25, 0.3) is 0 Å². The number of nitrogens with one attached hydrogen (secondary N) is 1. The number of rotatable bonds is 8. The van der Waals surface area contributed by atoms with E-state index in [2.05, 4.69) is 10.2 Å². The second-order valence-corrected chi connectivity index (χ2v) is 8.73. The van der Waals surface area contributed by atoms with Gasteiger partial charge >= 0.3 is 0 Å². The van der Waals surface area contributed by atoms with Crippen LogP contribution in [0.15, 0.2) is 53.4 Å². The highest BCUT2D eigenvalue weighted by Crippen LogP contribution is 2.28. The fraction of sp³-hybridized carbons (Fsp3) is 0.350. The Labute approximate surface area is 164 Å². The van der Waals surface area contributed by atoms with E-state index in [4.69, 9.17) is 5.14 Å². The highest BCUT2D eigenvalue weighted by Gasteiger charge is 2.30. The van der Waals surface area contributed by atoms with Crippen LogP contribution >= 0.6 is 0 Å². The van der Waals surface area contributed by atoms with Crippen LogP contribution < -0.4 is 10.5 Å². The quantitative estimate of drug-likeness (QED) is 0.705. The van der Waals surface area contributed by atoms with Gasteiger partial charge in [-0.25, -0.2) is 17.9 Å². The van der Waals surface area contributed by atoms with Crippen LogP contribution in [-0.4, -0.2) is 31.8 Å². The number of hydrogen-bond acceptors (Lipinski definition) is 4. The number of carbonyl (C=O) groups excluding carboxylic acids is 1. The average molecular weight is 405 g/mol. The van der Waals surface area contributed by atoms with Crippen LogP contribution in [-0.2, 0) is 21.4 Å². The fourth-order valence-electron chi connectivity index (χ4n) is 3.08. The molecule has 1 aliphatic carbocycles. The molecule has 2 aromatic carbocycles. The van der Waals surface area contributed by atoms with Gasteiger partial charge < -0.3 is 5.32 Å². The summed E-state index contributed by atoms with van der Waals surface area (Å²) in [6.45, 7) is 2.68. The van der Waals surface area contributed by atoms with Gasteiger partial charge in [0, 0.05) is 12.6 Å². The third-order valence-corrected chi connectivity index (χ3v) is 5.72. The van der Waals surface area contributed by atoms with Gasteiger partial charge in [0.2, 0.25) is 15.9 Å². The number of hydrogen-bond donors (Lipinski definition) is 2. The van der Waals surface area contributed by atoms with E-state index in [0.29, 0.717) is 12.6 Å². The first-order valence-electron chi connectivity index (χ1n) is 9.13. The van der Waals surface area contributed by atoms with Crippen LogP contribution in [0.5, 0.6) is 0 Å². The van der Waals surface area contributed by atoms with Crippen molar-refractivity contribution in [3.05, 3.63) is 65.5 Å². The van der Waals surface area contributed by atoms with Gasteiger partial charge in [0.05, 0.1) is 17.5 Å². The molecule has 2 aromatic rings. The summed E-state index contributed by atoms with van der Waals surface area (Å²) in [4.78, 5) is 14.6. The first kappa shape index (κ1) is 20.4. The van der Waals surface area contributed by atoms with Gasteiger partial charge in [-0.3, -0.25) is 9.69 Å². The molecule has 0 spiro atoms. The van der Waals surface area contributed by atoms with Gasteiger partial charge in [-0.15, -0.1) is 0 Å². The Morgan fingerprint density at radius 3 is 2.32 bits per heavy atom. The lowest BCUT2D eigenvalue weighted by atomic mass is 10.1. The molecule has 1 amide bonds. The summed E-state index contributed by atoms with van der Waals surface area (Å²) in [6, 6.07) is 12.6. The van der Waals surface area contributed by atoms with E-state index in [1.54, 1.807) is 24.3 Å². The number of amides is 1. The number of carbonyl (C=O) groups is 1. The Balaban J connectivity index is 1.59. The second kappa shape index (κ2) is 8.38. The second-order valence-electron chi connectivity index (χ2n) is 7.17. The first-order chi connectivity index (χ1) is 13.2. The highest BCUT2D eigenvalue weighted by molar-refractivity contribution is 7.89. The molecule has 1 saturated carbocycles. The van der Waals surface area contributed by atoms with Crippen molar-refractivity contribution in [1.29, 1.82) is 0 Å². The Morgan fingerprint density at radius 1 is 1.18 bits per heavy atom. The molecule has 0 bridgehead atoms. The number of sulfonamides is 1. The lowest BCUT2D eigenvalue weighted by Gasteiger charge is -2.23. The predicted molar refractivity (Wildman–Crippen MR) is 104 cm³/mol. The maximum Gasteiger partial charge on any atom is 0.238 e. The summed E-state index contributed by atoms with van der Waals surface area (Å²) in [5.41, 5.74) is 1.75. The maximum atomic E-state index is 13.1. The van der Waals surface area contributed by atoms with E-state index in [0.717, 1.165) is 24.0 Å². The molecule has 0 radical (unpaired) electrons. The van der Waals surface area contributed by atoms with Crippen LogP contribution in [0.2, 0.25) is 0 Å². The summed E-state index contributed by atoms with van der Waals surface area (Å²) in [6.07, 6.45) is 2.11. The molecule has 0 aliphatic heterocycles. The van der Waals surface area contributed by atoms with Crippen molar-refractivity contribution in [2.75, 3.05) is 6.54 Å². The number of nitrogens with zero attached hydrogens (tertiary/aromatic N) is 1. The van der Waals surface area contributed by atoms with Crippen molar-refractivity contribution < 1.29 is 17.6 Å². The summed E-state index contributed by atoms with van der Waals surface area (Å²) in [5.74, 6) is -0.390. The van der Waals surface area contributed by atoms with E-state index in [-0.39, 0.29) is 29.2 Å². The van der Waals surface area contributed by atoms with Gasteiger partial charge in [-0.1, -0.05) is 24.3 Å². The van der Waals surface area contributed by atoms with E-state index in [9.17, 15) is 17.6 Å². The third-order valence-electron chi connectivity index (χ3n) is 4.80. The van der Waals surface area contributed by atoms with Crippen molar-refractivity contribution in [2.24, 2.45) is 5.14 Å². The summed E-state index contributed by atoms with van der Waals surface area (Å²) in [5, 5.41) is 8.04. The van der Waals surface area contributed by atoms with Crippen LogP contribution in [0.3, 0.4) is 0 Å². The molecule has 3 N–H and O–H groups in total. The van der Waals surface area contributed by atoms with E-state index < -0.39 is 10.0 Å². The van der Waals surface area contributed by atoms with Crippen LogP contribution in [0.1, 0.15) is 36.9 Å². The Morgan fingerprint density at radius 2 is 1.79 bits per heavy atom. The molecule has 1 fully saturated rings. The normalized spacial score (nSPS) is 15.4. The van der Waals surface area contributed by atoms with E-state index in [1.807, 2.05) is 6.92 Å². The Kier molecular flexibility index (Phi) is 6.12. The first-order valence-corrected chi connectivity index (χ1v) is 10.7. The van der Waals surface area contributed by atoms with E-state index in [1.165, 1.54) is 24.3 Å². The smallest absolute Gasteiger partial charge is 0.238 e. The molecular formula is C20H24FN3O3S. The number of halogens is 1. The van der Waals surface area contributed by atoms with Gasteiger partial charge in [0.15, 0.2) is 0 Å². The number of benzene rings is 2. The van der Waals surface area contributed by atoms with Crippen molar-refractivity contribution in [1.82, 2.24) is 10.2 Å². The van der Waals surface area contributed by atoms with Gasteiger partial charge in [-0.2, -0.15) is 0 Å². The molecular weight excluding hydrogens is 381 g/mol. The zero-order chi connectivity index (χ0) is 20.3. The number of nitrogens with two attached hydrogens (primary N) is 1. The summed E-state index contributed by atoms with van der Waals surface area (Å²) >= 11 is 0. The number of primary sulfonamides is 1. The highest BCUT2D eigenvalue weighted by atomic mass is 32.2. The van der Waals surface area contributed by atoms with E-state index >= 15 is 0 Å². The molecule has 3 rings (SSSR count). The molecule has 6 nitrogen and oxygen atoms in total. The van der Waals surface area contributed by atoms with Gasteiger partial charge in [0.25, 0.3) is 0 Å². The molecule has 150 valence electrons. The third kappa shape index (κ3) is 5.60. The largest absolute Gasteiger partial charge is 0.348 e. The SMILES string of the molecule is C[C@@H](NC(=O)CN(Cc1ccc(F)cc1)C1CC1)c1ccc(S(N)(=O)=O)cc1. The molecule has 0 aromatic heterocycles. The van der Waals surface area contributed by atoms with Gasteiger partial charge in [0.1, 0.15) is 5.82 Å². The van der Waals surface area contributed by atoms with Crippen molar-refractivity contribution >= 4 is 15.9 Å². The van der Waals surface area contributed by atoms with Crippen LogP contribution in [0.4, 0.5) is 4.39 Å². The Hall–Kier alpha value is -2.29. The molecule has 8 heteroatoms. The van der Waals surface area contributed by atoms with Crippen LogP contribution in [0, 0.1) is 5.82 Å². The minimum absolute atomic E-state index is 0.0361. The molecule has 0 heterocycles. The standard InChI is InChI=1S/C20H24FN3O3S/c1-14(16-4-10-19(11-5-16)28(22,26)27)23-20(25)13-24(18-8-9-18)12-15-2-6-17(21)7-3-15/h2-7,10-11,14,18H,8-9,12-13H2,1H3,(H,23,25)(H2,22,26,27)/t14-/m1/s1. The molecule has 1 atom stereocenters. The summed E-state index contributed by atoms with van der Waals surface area (Å²) < 4.78 is 35.7. The zero-order valence-corrected chi connectivity index (χ0v) is 16.5. The molecule has 0 saturated heterocycles. The minimum Gasteiger partial charge on any atom is -0.348 e. The van der Waals surface area contributed by atoms with Gasteiger partial charge in [-0.05, 0) is 55.2 Å². The Bertz CT molecular complexity index is 926. The molecule has 0 unspecified atom stereocenters. The lowest BCUT2D eigenvalue weighted by Crippen LogP contribution is -2.39. The van der Waals surface area contributed by atoms with Crippen molar-refractivity contribution in [3.8, 4) is 0 Å². The fourth-order valence-corrected chi connectivity index (χ4v) is 3.59. The zero-order valence-electron chi connectivity index (χ0n) is 15.6. The topological polar surface area (TPSA) is 92.5 Å².